The summed E-state index contributed by atoms with van der Waals surface area (Å²) in [7, 11) is 0. The summed E-state index contributed by atoms with van der Waals surface area (Å²) >= 11 is 0. The molecule has 12 heteroatoms. The zero-order valence-corrected chi connectivity index (χ0v) is 16.0. The number of nitro groups is 1. The van der Waals surface area contributed by atoms with E-state index in [1.165, 1.54) is 12.1 Å². The van der Waals surface area contributed by atoms with E-state index in [1.807, 2.05) is 0 Å². The molecule has 9 nitrogen and oxygen atoms in total. The number of anilines is 2. The van der Waals surface area contributed by atoms with Crippen molar-refractivity contribution in [3.05, 3.63) is 45.9 Å². The predicted molar refractivity (Wildman–Crippen MR) is 104 cm³/mol. The maximum atomic E-state index is 13.1. The van der Waals surface area contributed by atoms with Crippen LogP contribution in [0.5, 0.6) is 0 Å². The Balaban J connectivity index is 1.71. The molecule has 2 aromatic heterocycles. The molecule has 0 saturated heterocycles. The van der Waals surface area contributed by atoms with E-state index < -0.39 is 16.8 Å². The van der Waals surface area contributed by atoms with Crippen LogP contribution in [-0.2, 0) is 12.7 Å². The van der Waals surface area contributed by atoms with Crippen molar-refractivity contribution < 1.29 is 18.1 Å². The molecule has 1 aliphatic rings. The molecule has 2 aromatic rings. The number of aromatic nitrogens is 3. The minimum absolute atomic E-state index is 0.0225. The molecule has 0 amide bonds. The Hall–Kier alpha value is -3.02. The first kappa shape index (κ1) is 21.7. The van der Waals surface area contributed by atoms with Gasteiger partial charge in [0, 0.05) is 30.9 Å². The quantitative estimate of drug-likeness (QED) is 0.455. The highest BCUT2D eigenvalue weighted by Gasteiger charge is 2.35. The summed E-state index contributed by atoms with van der Waals surface area (Å²) in [5, 5.41) is 16.9. The third-order valence-corrected chi connectivity index (χ3v) is 5.01. The lowest BCUT2D eigenvalue weighted by molar-refractivity contribution is -0.384. The molecule has 0 unspecified atom stereocenters. The molecule has 0 aliphatic heterocycles. The van der Waals surface area contributed by atoms with Crippen LogP contribution >= 0.6 is 0 Å². The van der Waals surface area contributed by atoms with Crippen LogP contribution in [0.2, 0.25) is 0 Å². The third kappa shape index (κ3) is 5.53. The van der Waals surface area contributed by atoms with E-state index in [2.05, 4.69) is 25.6 Å². The molecule has 4 N–H and O–H groups in total. The number of nitrogens with two attached hydrogens (primary N) is 1. The summed E-state index contributed by atoms with van der Waals surface area (Å²) in [5.74, 6) is 0.320. The van der Waals surface area contributed by atoms with Gasteiger partial charge < -0.3 is 16.4 Å². The molecule has 1 fully saturated rings. The molecule has 0 bridgehead atoms. The van der Waals surface area contributed by atoms with Crippen molar-refractivity contribution >= 4 is 17.5 Å². The van der Waals surface area contributed by atoms with Crippen molar-refractivity contribution in [3.8, 4) is 0 Å². The Kier molecular flexibility index (Phi) is 6.65. The minimum atomic E-state index is -4.59. The third-order valence-electron chi connectivity index (χ3n) is 5.01. The lowest BCUT2D eigenvalue weighted by Crippen LogP contribution is -2.29. The van der Waals surface area contributed by atoms with Crippen LogP contribution in [0.4, 0.5) is 30.6 Å². The largest absolute Gasteiger partial charge is 0.433 e. The Bertz CT molecular complexity index is 886. The molecule has 3 rings (SSSR count). The molecule has 0 spiro atoms. The highest BCUT2D eigenvalue weighted by Crippen LogP contribution is 2.30. The smallest absolute Gasteiger partial charge is 0.364 e. The summed E-state index contributed by atoms with van der Waals surface area (Å²) in [4.78, 5) is 22.0. The van der Waals surface area contributed by atoms with Crippen LogP contribution in [0.1, 0.15) is 36.9 Å². The Labute approximate surface area is 170 Å². The number of rotatable bonds is 7. The van der Waals surface area contributed by atoms with Crippen molar-refractivity contribution in [1.82, 2.24) is 15.0 Å². The highest BCUT2D eigenvalue weighted by molar-refractivity contribution is 5.57. The molecule has 2 heterocycles. The molecule has 0 radical (unpaired) electrons. The average molecular weight is 425 g/mol. The van der Waals surface area contributed by atoms with Gasteiger partial charge in [0.1, 0.15) is 11.9 Å². The second kappa shape index (κ2) is 9.20. The first-order valence-corrected chi connectivity index (χ1v) is 9.50. The second-order valence-electron chi connectivity index (χ2n) is 7.21. The van der Waals surface area contributed by atoms with E-state index >= 15 is 0 Å². The zero-order valence-electron chi connectivity index (χ0n) is 16.0. The van der Waals surface area contributed by atoms with E-state index in [0.29, 0.717) is 12.5 Å². The van der Waals surface area contributed by atoms with Crippen LogP contribution in [0.25, 0.3) is 0 Å². The Morgan fingerprint density at radius 3 is 2.60 bits per heavy atom. The van der Waals surface area contributed by atoms with Crippen molar-refractivity contribution in [2.24, 2.45) is 11.7 Å². The van der Waals surface area contributed by atoms with Crippen molar-refractivity contribution in [2.75, 3.05) is 17.2 Å². The predicted octanol–water partition coefficient (Wildman–Crippen LogP) is 3.34. The second-order valence-corrected chi connectivity index (χ2v) is 7.21. The van der Waals surface area contributed by atoms with Gasteiger partial charge in [0.15, 0.2) is 0 Å². The average Bonchev–Trinajstić information content (AvgIpc) is 2.71. The molecular weight excluding hydrogens is 403 g/mol. The fraction of sp³-hybridized carbons (Fsp3) is 0.500. The first-order chi connectivity index (χ1) is 14.2. The van der Waals surface area contributed by atoms with Gasteiger partial charge in [0.2, 0.25) is 11.8 Å². The topological polar surface area (TPSA) is 132 Å². The van der Waals surface area contributed by atoms with Gasteiger partial charge in [-0.2, -0.15) is 18.2 Å². The molecule has 1 saturated carbocycles. The molecule has 162 valence electrons. The van der Waals surface area contributed by atoms with Gasteiger partial charge in [0.05, 0.1) is 4.92 Å². The van der Waals surface area contributed by atoms with E-state index in [-0.39, 0.29) is 35.6 Å². The summed E-state index contributed by atoms with van der Waals surface area (Å²) in [6.45, 7) is 0.255. The number of halogens is 3. The lowest BCUT2D eigenvalue weighted by Gasteiger charge is -2.26. The van der Waals surface area contributed by atoms with E-state index in [4.69, 9.17) is 5.73 Å². The standard InChI is InChI=1S/C18H22F3N7O2/c19-18(20,21)15-12(2-1-7-23-15)9-25-17-26-10-14(28(29)30)16(27-17)24-8-11-3-5-13(22)6-4-11/h1-2,7,10-11,13H,3-6,8-9,22H2,(H2,24,25,26,27). The number of hydrogen-bond donors (Lipinski definition) is 3. The number of hydrogen-bond acceptors (Lipinski definition) is 8. The summed E-state index contributed by atoms with van der Waals surface area (Å²) in [6.07, 6.45) is 1.13. The van der Waals surface area contributed by atoms with Crippen molar-refractivity contribution in [1.29, 1.82) is 0 Å². The van der Waals surface area contributed by atoms with Gasteiger partial charge in [-0.3, -0.25) is 15.1 Å². The summed E-state index contributed by atoms with van der Waals surface area (Å²) in [5.41, 5.74) is 4.50. The SMILES string of the molecule is NC1CCC(CNc2nc(NCc3cccnc3C(F)(F)F)ncc2[N+](=O)[O-])CC1. The fourth-order valence-corrected chi connectivity index (χ4v) is 3.37. The molecule has 1 aliphatic carbocycles. The van der Waals surface area contributed by atoms with Gasteiger partial charge in [0.25, 0.3) is 0 Å². The van der Waals surface area contributed by atoms with Crippen LogP contribution in [0.3, 0.4) is 0 Å². The van der Waals surface area contributed by atoms with Gasteiger partial charge in [-0.1, -0.05) is 6.07 Å². The van der Waals surface area contributed by atoms with Crippen LogP contribution in [0, 0.1) is 16.0 Å². The molecule has 0 atom stereocenters. The van der Waals surface area contributed by atoms with Crippen LogP contribution in [0.15, 0.2) is 24.5 Å². The van der Waals surface area contributed by atoms with Gasteiger partial charge in [-0.25, -0.2) is 4.98 Å². The number of nitrogens with one attached hydrogen (secondary N) is 2. The molecular formula is C18H22F3N7O2. The van der Waals surface area contributed by atoms with Gasteiger partial charge in [-0.15, -0.1) is 0 Å². The monoisotopic (exact) mass is 425 g/mol. The normalized spacial score (nSPS) is 19.3. The van der Waals surface area contributed by atoms with E-state index in [1.54, 1.807) is 0 Å². The number of alkyl halides is 3. The van der Waals surface area contributed by atoms with Gasteiger partial charge >= 0.3 is 11.9 Å². The van der Waals surface area contributed by atoms with Gasteiger partial charge in [-0.05, 0) is 37.7 Å². The number of nitrogens with zero attached hydrogens (tertiary/aromatic N) is 4. The number of pyridine rings is 1. The van der Waals surface area contributed by atoms with Crippen LogP contribution in [-0.4, -0.2) is 32.5 Å². The fourth-order valence-electron chi connectivity index (χ4n) is 3.37. The lowest BCUT2D eigenvalue weighted by atomic mass is 9.86. The van der Waals surface area contributed by atoms with Crippen molar-refractivity contribution in [2.45, 2.75) is 44.4 Å². The zero-order chi connectivity index (χ0) is 21.7. The summed E-state index contributed by atoms with van der Waals surface area (Å²) < 4.78 is 39.2. The Morgan fingerprint density at radius 2 is 1.93 bits per heavy atom. The van der Waals surface area contributed by atoms with Crippen LogP contribution < -0.4 is 16.4 Å². The molecule has 0 aromatic carbocycles. The maximum Gasteiger partial charge on any atom is 0.433 e. The Morgan fingerprint density at radius 1 is 1.20 bits per heavy atom. The van der Waals surface area contributed by atoms with Crippen molar-refractivity contribution in [3.63, 3.8) is 0 Å². The highest BCUT2D eigenvalue weighted by atomic mass is 19.4. The molecule has 30 heavy (non-hydrogen) atoms. The first-order valence-electron chi connectivity index (χ1n) is 9.50. The van der Waals surface area contributed by atoms with E-state index in [9.17, 15) is 23.3 Å². The maximum absolute atomic E-state index is 13.1. The summed E-state index contributed by atoms with van der Waals surface area (Å²) in [6, 6.07) is 2.88. The van der Waals surface area contributed by atoms with E-state index in [0.717, 1.165) is 38.1 Å². The minimum Gasteiger partial charge on any atom is -0.364 e.